The second-order valence-corrected chi connectivity index (χ2v) is 8.66. The maximum atomic E-state index is 13.2. The van der Waals surface area contributed by atoms with E-state index in [0.717, 1.165) is 6.42 Å². The highest BCUT2D eigenvalue weighted by atomic mass is 19.4. The monoisotopic (exact) mass is 454 g/mol. The molecule has 0 aliphatic heterocycles. The van der Waals surface area contributed by atoms with Crippen LogP contribution in [0.15, 0.2) is 0 Å². The van der Waals surface area contributed by atoms with Crippen LogP contribution in [0.25, 0.3) is 0 Å². The molecule has 4 nitrogen and oxygen atoms in total. The molecule has 0 fully saturated rings. The number of halogens is 7. The molecule has 0 N–H and O–H groups in total. The summed E-state index contributed by atoms with van der Waals surface area (Å²) >= 11 is 0. The van der Waals surface area contributed by atoms with Crippen LogP contribution in [0, 0.1) is 16.7 Å². The molecule has 30 heavy (non-hydrogen) atoms. The molecule has 0 aliphatic rings. The number of rotatable bonds is 11. The summed E-state index contributed by atoms with van der Waals surface area (Å²) in [7, 11) is 0. The van der Waals surface area contributed by atoms with Crippen molar-refractivity contribution in [3.63, 3.8) is 0 Å². The number of carbonyl (C=O) groups excluding carboxylic acids is 2. The Morgan fingerprint density at radius 1 is 0.833 bits per heavy atom. The first-order valence-electron chi connectivity index (χ1n) is 9.38. The van der Waals surface area contributed by atoms with Crippen LogP contribution in [-0.2, 0) is 19.1 Å². The van der Waals surface area contributed by atoms with E-state index in [4.69, 9.17) is 4.74 Å². The molecule has 0 rings (SSSR count). The Morgan fingerprint density at radius 2 is 1.33 bits per heavy atom. The van der Waals surface area contributed by atoms with Crippen LogP contribution in [0.4, 0.5) is 30.7 Å². The van der Waals surface area contributed by atoms with Crippen molar-refractivity contribution < 1.29 is 49.8 Å². The van der Waals surface area contributed by atoms with Gasteiger partial charge in [-0.3, -0.25) is 4.79 Å². The molecule has 0 aromatic carbocycles. The van der Waals surface area contributed by atoms with Gasteiger partial charge in [0.1, 0.15) is 0 Å². The second kappa shape index (κ2) is 9.72. The number of alkyl halides is 7. The second-order valence-electron chi connectivity index (χ2n) is 8.66. The molecule has 0 amide bonds. The third-order valence-electron chi connectivity index (χ3n) is 5.41. The summed E-state index contributed by atoms with van der Waals surface area (Å²) in [6, 6.07) is 0. The molecule has 0 aromatic heterocycles. The van der Waals surface area contributed by atoms with Crippen LogP contribution >= 0.6 is 0 Å². The molecule has 0 bridgehead atoms. The van der Waals surface area contributed by atoms with Gasteiger partial charge in [-0.2, -0.15) is 30.7 Å². The minimum absolute atomic E-state index is 0.248. The molecule has 0 saturated heterocycles. The van der Waals surface area contributed by atoms with Gasteiger partial charge in [-0.25, -0.2) is 4.79 Å². The lowest BCUT2D eigenvalue weighted by Gasteiger charge is -2.37. The fourth-order valence-corrected chi connectivity index (χ4v) is 2.36. The lowest BCUT2D eigenvalue weighted by Crippen LogP contribution is -2.54. The molecule has 1 unspecified atom stereocenters. The van der Waals surface area contributed by atoms with Crippen molar-refractivity contribution in [3.05, 3.63) is 0 Å². The van der Waals surface area contributed by atoms with Gasteiger partial charge in [0.25, 0.3) is 0 Å². The van der Waals surface area contributed by atoms with Crippen LogP contribution in [0.5, 0.6) is 0 Å². The molecule has 1 atom stereocenters. The van der Waals surface area contributed by atoms with E-state index in [9.17, 15) is 40.3 Å². The molecule has 0 heterocycles. The Balaban J connectivity index is 5.04. The number of esters is 2. The Bertz CT molecular complexity index is 598. The molecular weight excluding hydrogens is 425 g/mol. The molecular formula is C19H29F7O4. The van der Waals surface area contributed by atoms with Crippen LogP contribution in [0.1, 0.15) is 60.8 Å². The third-order valence-corrected chi connectivity index (χ3v) is 5.41. The van der Waals surface area contributed by atoms with E-state index >= 15 is 0 Å². The van der Waals surface area contributed by atoms with Gasteiger partial charge >= 0.3 is 30.0 Å². The van der Waals surface area contributed by atoms with Gasteiger partial charge in [0, 0.05) is 0 Å². The summed E-state index contributed by atoms with van der Waals surface area (Å²) in [4.78, 5) is 24.0. The fraction of sp³-hybridized carbons (Fsp3) is 0.895. The van der Waals surface area contributed by atoms with Crippen molar-refractivity contribution in [2.75, 3.05) is 13.2 Å². The van der Waals surface area contributed by atoms with Crippen molar-refractivity contribution >= 4 is 11.9 Å². The van der Waals surface area contributed by atoms with Gasteiger partial charge in [0.05, 0.1) is 5.92 Å². The summed E-state index contributed by atoms with van der Waals surface area (Å²) in [5.41, 5.74) is -0.781. The predicted octanol–water partition coefficient (Wildman–Crippen LogP) is 5.78. The van der Waals surface area contributed by atoms with Gasteiger partial charge in [0.15, 0.2) is 13.2 Å². The van der Waals surface area contributed by atoms with Gasteiger partial charge in [-0.05, 0) is 17.3 Å². The number of hydrogen-bond donors (Lipinski definition) is 0. The van der Waals surface area contributed by atoms with Crippen LogP contribution in [0.2, 0.25) is 0 Å². The highest BCUT2D eigenvalue weighted by molar-refractivity contribution is 5.78. The smallest absolute Gasteiger partial charge is 0.456 e. The van der Waals surface area contributed by atoms with E-state index in [0.29, 0.717) is 12.8 Å². The van der Waals surface area contributed by atoms with E-state index in [-0.39, 0.29) is 5.41 Å². The summed E-state index contributed by atoms with van der Waals surface area (Å²) in [5, 5.41) is 0. The highest BCUT2D eigenvalue weighted by Crippen LogP contribution is 2.46. The summed E-state index contributed by atoms with van der Waals surface area (Å²) < 4.78 is 96.7. The van der Waals surface area contributed by atoms with Crippen molar-refractivity contribution in [2.45, 2.75) is 78.8 Å². The quantitative estimate of drug-likeness (QED) is 0.293. The highest BCUT2D eigenvalue weighted by Gasteiger charge is 2.73. The fourth-order valence-electron chi connectivity index (χ4n) is 2.36. The maximum absolute atomic E-state index is 13.2. The average molecular weight is 454 g/mol. The average Bonchev–Trinajstić information content (AvgIpc) is 2.61. The van der Waals surface area contributed by atoms with E-state index in [1.165, 1.54) is 0 Å². The first kappa shape index (κ1) is 28.5. The van der Waals surface area contributed by atoms with E-state index in [2.05, 4.69) is 4.74 Å². The molecule has 0 saturated carbocycles. The van der Waals surface area contributed by atoms with Crippen molar-refractivity contribution in [3.8, 4) is 0 Å². The lowest BCUT2D eigenvalue weighted by molar-refractivity contribution is -0.359. The number of hydrogen-bond acceptors (Lipinski definition) is 4. The zero-order chi connectivity index (χ0) is 24.2. The Hall–Kier alpha value is -1.55. The minimum Gasteiger partial charge on any atom is -0.456 e. The molecule has 0 spiro atoms. The Labute approximate surface area is 171 Å². The molecule has 0 aliphatic carbocycles. The Morgan fingerprint density at radius 3 is 1.73 bits per heavy atom. The predicted molar refractivity (Wildman–Crippen MR) is 94.1 cm³/mol. The van der Waals surface area contributed by atoms with Crippen LogP contribution < -0.4 is 0 Å². The van der Waals surface area contributed by atoms with Gasteiger partial charge in [-0.15, -0.1) is 0 Å². The molecule has 11 heteroatoms. The first-order chi connectivity index (χ1) is 13.2. The molecule has 0 radical (unpaired) electrons. The van der Waals surface area contributed by atoms with Gasteiger partial charge in [-0.1, -0.05) is 54.4 Å². The number of ether oxygens (including phenoxy) is 2. The lowest BCUT2D eigenvalue weighted by atomic mass is 9.68. The standard InChI is InChI=1S/C19H29F7O4/c1-7-15(3,4)9-12(16(5,6)8-2)14(28)29-10-13(27)30-11-17(20,21)18(22,23)19(24,25)26/h12H,7-11H2,1-6H3. The van der Waals surface area contributed by atoms with E-state index < -0.39 is 54.5 Å². The number of carbonyl (C=O) groups is 2. The van der Waals surface area contributed by atoms with E-state index in [1.807, 2.05) is 41.5 Å². The zero-order valence-electron chi connectivity index (χ0n) is 17.9. The first-order valence-corrected chi connectivity index (χ1v) is 9.38. The molecule has 0 aromatic rings. The minimum atomic E-state index is -6.53. The van der Waals surface area contributed by atoms with E-state index in [1.54, 1.807) is 0 Å². The maximum Gasteiger partial charge on any atom is 0.460 e. The Kier molecular flexibility index (Phi) is 9.22. The largest absolute Gasteiger partial charge is 0.460 e. The van der Waals surface area contributed by atoms with Crippen molar-refractivity contribution in [1.82, 2.24) is 0 Å². The third kappa shape index (κ3) is 7.30. The van der Waals surface area contributed by atoms with Crippen LogP contribution in [0.3, 0.4) is 0 Å². The summed E-state index contributed by atoms with van der Waals surface area (Å²) in [6.45, 7) is 7.54. The van der Waals surface area contributed by atoms with Crippen LogP contribution in [-0.4, -0.2) is 43.2 Å². The SMILES string of the molecule is CCC(C)(C)CC(C(=O)OCC(=O)OCC(F)(F)C(F)(F)C(F)(F)F)C(C)(C)CC. The topological polar surface area (TPSA) is 52.6 Å². The molecule has 178 valence electrons. The van der Waals surface area contributed by atoms with Gasteiger partial charge in [0.2, 0.25) is 0 Å². The summed E-state index contributed by atoms with van der Waals surface area (Å²) in [5.74, 6) is -15.2. The zero-order valence-corrected chi connectivity index (χ0v) is 17.9. The van der Waals surface area contributed by atoms with Gasteiger partial charge < -0.3 is 9.47 Å². The normalized spacial score (nSPS) is 15.0. The van der Waals surface area contributed by atoms with Crippen molar-refractivity contribution in [1.29, 1.82) is 0 Å². The van der Waals surface area contributed by atoms with Crippen molar-refractivity contribution in [2.24, 2.45) is 16.7 Å². The summed E-state index contributed by atoms with van der Waals surface area (Å²) in [6.07, 6.45) is -4.81.